The van der Waals surface area contributed by atoms with Crippen molar-refractivity contribution < 1.29 is 9.28 Å². The van der Waals surface area contributed by atoms with Gasteiger partial charge in [-0.2, -0.15) is 4.99 Å². The van der Waals surface area contributed by atoms with Crippen molar-refractivity contribution in [1.82, 2.24) is 0 Å². The molecule has 2 rings (SSSR count). The molecule has 0 aromatic rings. The Morgan fingerprint density at radius 1 is 1.47 bits per heavy atom. The number of hydrogen-bond acceptors (Lipinski definition) is 2. The second kappa shape index (κ2) is 3.25. The number of halogens is 1. The molecule has 2 aliphatic rings. The first-order valence-corrected chi connectivity index (χ1v) is 5.49. The first kappa shape index (κ1) is 10.5. The predicted octanol–water partition coefficient (Wildman–Crippen LogP) is 2.47. The van der Waals surface area contributed by atoms with Gasteiger partial charge in [0.2, 0.25) is 17.3 Å². The maximum absolute atomic E-state index is 11.6. The first-order valence-electron chi connectivity index (χ1n) is 4.69. The van der Waals surface area contributed by atoms with E-state index in [2.05, 4.69) is 20.9 Å². The molecule has 0 aliphatic carbocycles. The highest BCUT2D eigenvalue weighted by Gasteiger charge is 2.42. The second-order valence-corrected chi connectivity index (χ2v) is 4.80. The molecule has 15 heavy (non-hydrogen) atoms. The molecule has 1 unspecified atom stereocenters. The van der Waals surface area contributed by atoms with E-state index in [0.29, 0.717) is 4.48 Å². The molecule has 0 saturated carbocycles. The van der Waals surface area contributed by atoms with Crippen LogP contribution in [-0.2, 0) is 4.79 Å². The molecular weight excluding hydrogens is 256 g/mol. The molecule has 4 heteroatoms. The molecule has 2 aliphatic heterocycles. The number of carbonyl (C=O) groups is 1. The standard InChI is InChI=1S/C11H12BrN2O/c1-7-11(8(2)15)14(3)6-9(12)4-5-10(14)13-7/h4-6H,1-3H3/q+1. The molecule has 0 bridgehead atoms. The summed E-state index contributed by atoms with van der Waals surface area (Å²) in [5.74, 6) is 0.960. The van der Waals surface area contributed by atoms with Gasteiger partial charge in [-0.15, -0.1) is 0 Å². The van der Waals surface area contributed by atoms with Gasteiger partial charge in [0.15, 0.2) is 0 Å². The summed E-state index contributed by atoms with van der Waals surface area (Å²) in [4.78, 5) is 16.0. The van der Waals surface area contributed by atoms with Crippen LogP contribution >= 0.6 is 15.9 Å². The van der Waals surface area contributed by atoms with Crippen LogP contribution in [0.4, 0.5) is 0 Å². The Morgan fingerprint density at radius 3 is 2.73 bits per heavy atom. The number of amidine groups is 1. The van der Waals surface area contributed by atoms with Crippen LogP contribution < -0.4 is 0 Å². The minimum absolute atomic E-state index is 0.0700. The summed E-state index contributed by atoms with van der Waals surface area (Å²) in [6.07, 6.45) is 5.85. The number of allylic oxidation sites excluding steroid dienone is 4. The van der Waals surface area contributed by atoms with Gasteiger partial charge in [0.25, 0.3) is 0 Å². The van der Waals surface area contributed by atoms with Crippen LogP contribution in [0.15, 0.2) is 39.2 Å². The average Bonchev–Trinajstić information content (AvgIpc) is 2.34. The molecule has 78 valence electrons. The number of hydrogen-bond donors (Lipinski definition) is 0. The molecule has 0 N–H and O–H groups in total. The van der Waals surface area contributed by atoms with E-state index in [0.717, 1.165) is 21.7 Å². The van der Waals surface area contributed by atoms with Gasteiger partial charge in [0.1, 0.15) is 11.9 Å². The molecule has 0 amide bonds. The zero-order valence-electron chi connectivity index (χ0n) is 8.91. The topological polar surface area (TPSA) is 29.4 Å². The monoisotopic (exact) mass is 267 g/mol. The van der Waals surface area contributed by atoms with E-state index in [9.17, 15) is 4.79 Å². The Kier molecular flexibility index (Phi) is 2.28. The molecule has 3 nitrogen and oxygen atoms in total. The van der Waals surface area contributed by atoms with Gasteiger partial charge in [-0.05, 0) is 28.9 Å². The van der Waals surface area contributed by atoms with Gasteiger partial charge >= 0.3 is 0 Å². The average molecular weight is 268 g/mol. The minimum atomic E-state index is 0.0700. The van der Waals surface area contributed by atoms with E-state index in [1.165, 1.54) is 0 Å². The fourth-order valence-electron chi connectivity index (χ4n) is 2.13. The van der Waals surface area contributed by atoms with Crippen molar-refractivity contribution in [2.75, 3.05) is 7.05 Å². The summed E-state index contributed by atoms with van der Waals surface area (Å²) in [5, 5.41) is 0. The smallest absolute Gasteiger partial charge is 0.237 e. The Morgan fingerprint density at radius 2 is 2.13 bits per heavy atom. The third-order valence-corrected chi connectivity index (χ3v) is 3.14. The lowest BCUT2D eigenvalue weighted by molar-refractivity contribution is -0.714. The van der Waals surface area contributed by atoms with Crippen LogP contribution in [0.3, 0.4) is 0 Å². The van der Waals surface area contributed by atoms with E-state index in [1.807, 2.05) is 32.3 Å². The summed E-state index contributed by atoms with van der Waals surface area (Å²) in [5.41, 5.74) is 1.55. The molecule has 0 fully saturated rings. The van der Waals surface area contributed by atoms with Crippen molar-refractivity contribution in [2.24, 2.45) is 4.99 Å². The lowest BCUT2D eigenvalue weighted by Crippen LogP contribution is -2.43. The van der Waals surface area contributed by atoms with Crippen LogP contribution in [0.2, 0.25) is 0 Å². The number of fused-ring (bicyclic) bond motifs is 1. The summed E-state index contributed by atoms with van der Waals surface area (Å²) in [7, 11) is 1.97. The zero-order valence-corrected chi connectivity index (χ0v) is 10.5. The van der Waals surface area contributed by atoms with Crippen molar-refractivity contribution in [2.45, 2.75) is 13.8 Å². The minimum Gasteiger partial charge on any atom is -0.288 e. The van der Waals surface area contributed by atoms with Crippen molar-refractivity contribution in [3.05, 3.63) is 34.2 Å². The second-order valence-electron chi connectivity index (χ2n) is 3.88. The van der Waals surface area contributed by atoms with Crippen LogP contribution in [0.1, 0.15) is 13.8 Å². The molecule has 2 heterocycles. The molecule has 0 aromatic carbocycles. The number of likely N-dealkylation sites (N-methyl/N-ethyl adjacent to an activating group) is 1. The summed E-state index contributed by atoms with van der Waals surface area (Å²) in [6.45, 7) is 3.46. The van der Waals surface area contributed by atoms with E-state index >= 15 is 0 Å². The Bertz CT molecular complexity index is 471. The van der Waals surface area contributed by atoms with Crippen LogP contribution in [0, 0.1) is 0 Å². The lowest BCUT2D eigenvalue weighted by Gasteiger charge is -2.28. The van der Waals surface area contributed by atoms with Gasteiger partial charge in [-0.3, -0.25) is 4.79 Å². The van der Waals surface area contributed by atoms with Crippen molar-refractivity contribution in [3.8, 4) is 0 Å². The van der Waals surface area contributed by atoms with Crippen molar-refractivity contribution >= 4 is 27.5 Å². The maximum Gasteiger partial charge on any atom is 0.237 e. The van der Waals surface area contributed by atoms with E-state index in [1.54, 1.807) is 6.92 Å². The molecule has 1 atom stereocenters. The largest absolute Gasteiger partial charge is 0.288 e. The first-order chi connectivity index (χ1) is 6.95. The number of carbonyl (C=O) groups excluding carboxylic acids is 1. The molecule has 0 aromatic heterocycles. The van der Waals surface area contributed by atoms with Gasteiger partial charge in [-0.1, -0.05) is 0 Å². The van der Waals surface area contributed by atoms with Gasteiger partial charge < -0.3 is 0 Å². The fraction of sp³-hybridized carbons (Fsp3) is 0.273. The summed E-state index contributed by atoms with van der Waals surface area (Å²) in [6, 6.07) is 0. The van der Waals surface area contributed by atoms with Crippen LogP contribution in [-0.4, -0.2) is 23.1 Å². The Balaban J connectivity index is 2.61. The molecular formula is C11H12BrN2O+. The number of nitrogens with zero attached hydrogens (tertiary/aromatic N) is 2. The SMILES string of the molecule is CC(=O)C1=C(C)N=C2C=CC(Br)=C[N+]21C. The van der Waals surface area contributed by atoms with Crippen LogP contribution in [0.5, 0.6) is 0 Å². The third-order valence-electron chi connectivity index (χ3n) is 2.67. The number of aliphatic imine (C=N–C) groups is 1. The van der Waals surface area contributed by atoms with E-state index in [4.69, 9.17) is 0 Å². The van der Waals surface area contributed by atoms with Gasteiger partial charge in [0.05, 0.1) is 11.5 Å². The Labute approximate surface area is 97.2 Å². The number of Topliss-reactive ketones (excluding diaryl/α,β-unsaturated/α-hetero) is 1. The van der Waals surface area contributed by atoms with Gasteiger partial charge in [-0.25, -0.2) is 4.48 Å². The molecule has 0 radical (unpaired) electrons. The zero-order chi connectivity index (χ0) is 11.2. The molecule has 0 spiro atoms. The van der Waals surface area contributed by atoms with Gasteiger partial charge in [0, 0.05) is 13.0 Å². The van der Waals surface area contributed by atoms with E-state index in [-0.39, 0.29) is 5.78 Å². The highest BCUT2D eigenvalue weighted by atomic mass is 79.9. The van der Waals surface area contributed by atoms with E-state index < -0.39 is 0 Å². The number of quaternary nitrogens is 1. The number of rotatable bonds is 1. The van der Waals surface area contributed by atoms with Crippen molar-refractivity contribution in [3.63, 3.8) is 0 Å². The summed E-state index contributed by atoms with van der Waals surface area (Å²) < 4.78 is 1.34. The maximum atomic E-state index is 11.6. The number of ketones is 1. The highest BCUT2D eigenvalue weighted by molar-refractivity contribution is 9.11. The lowest BCUT2D eigenvalue weighted by atomic mass is 10.2. The molecule has 0 saturated heterocycles. The fourth-order valence-corrected chi connectivity index (χ4v) is 2.67. The third kappa shape index (κ3) is 1.44. The Hall–Kier alpha value is -1.00. The predicted molar refractivity (Wildman–Crippen MR) is 63.2 cm³/mol. The summed E-state index contributed by atoms with van der Waals surface area (Å²) >= 11 is 3.43. The van der Waals surface area contributed by atoms with Crippen LogP contribution in [0.25, 0.3) is 0 Å². The van der Waals surface area contributed by atoms with Crippen molar-refractivity contribution in [1.29, 1.82) is 0 Å². The highest BCUT2D eigenvalue weighted by Crippen LogP contribution is 2.34. The normalized spacial score (nSPS) is 28.8. The quantitative estimate of drug-likeness (QED) is 0.672.